The first kappa shape index (κ1) is 17.2. The second-order valence-corrected chi connectivity index (χ2v) is 6.88. The number of ether oxygens (including phenoxy) is 1. The van der Waals surface area contributed by atoms with Crippen molar-refractivity contribution in [1.82, 2.24) is 0 Å². The van der Waals surface area contributed by atoms with Gasteiger partial charge in [0.2, 0.25) is 5.91 Å². The molecule has 0 spiro atoms. The molecule has 2 fully saturated rings. The number of halogens is 1. The highest BCUT2D eigenvalue weighted by atomic mass is 19.1. The lowest BCUT2D eigenvalue weighted by Crippen LogP contribution is -2.52. The molecular weight excluding hydrogens is 309 g/mol. The van der Waals surface area contributed by atoms with Gasteiger partial charge in [0.1, 0.15) is 5.82 Å². The highest BCUT2D eigenvalue weighted by Crippen LogP contribution is 2.28. The maximum atomic E-state index is 14.2. The molecule has 1 atom stereocenters. The van der Waals surface area contributed by atoms with Crippen molar-refractivity contribution in [2.75, 3.05) is 23.8 Å². The van der Waals surface area contributed by atoms with E-state index in [1.165, 1.54) is 6.07 Å². The van der Waals surface area contributed by atoms with E-state index in [-0.39, 0.29) is 17.8 Å². The zero-order valence-electron chi connectivity index (χ0n) is 13.9. The van der Waals surface area contributed by atoms with Crippen LogP contribution in [0.5, 0.6) is 0 Å². The minimum absolute atomic E-state index is 0.146. The van der Waals surface area contributed by atoms with Crippen molar-refractivity contribution >= 4 is 17.3 Å². The Balaban J connectivity index is 1.58. The molecule has 1 aliphatic carbocycles. The van der Waals surface area contributed by atoms with Crippen LogP contribution < -0.4 is 16.4 Å². The number of hydrogen-bond donors (Lipinski definition) is 3. The van der Waals surface area contributed by atoms with Crippen LogP contribution in [0.15, 0.2) is 18.2 Å². The van der Waals surface area contributed by atoms with E-state index < -0.39 is 5.54 Å². The minimum atomic E-state index is -0.828. The summed E-state index contributed by atoms with van der Waals surface area (Å²) in [7, 11) is 0. The fourth-order valence-electron chi connectivity index (χ4n) is 3.43. The normalized spacial score (nSPS) is 23.0. The highest BCUT2D eigenvalue weighted by Gasteiger charge is 2.35. The predicted octanol–water partition coefficient (Wildman–Crippen LogP) is 3.02. The average molecular weight is 335 g/mol. The lowest BCUT2D eigenvalue weighted by atomic mass is 9.82. The van der Waals surface area contributed by atoms with Gasteiger partial charge >= 0.3 is 0 Å². The van der Waals surface area contributed by atoms with Crippen LogP contribution in [0.4, 0.5) is 15.8 Å². The summed E-state index contributed by atoms with van der Waals surface area (Å²) in [6.45, 7) is 1.37. The standard InChI is InChI=1S/C18H26FN3O2/c19-15-11-13(22-17(23)18(20)8-2-1-3-9-18)6-7-16(15)21-12-14-5-4-10-24-14/h6-7,11,14,21H,1-5,8-10,12,20H2,(H,22,23). The van der Waals surface area contributed by atoms with Crippen molar-refractivity contribution in [2.45, 2.75) is 56.6 Å². The topological polar surface area (TPSA) is 76.4 Å². The molecule has 5 nitrogen and oxygen atoms in total. The molecule has 4 N–H and O–H groups in total. The fraction of sp³-hybridized carbons (Fsp3) is 0.611. The Kier molecular flexibility index (Phi) is 5.36. The number of amides is 1. The minimum Gasteiger partial charge on any atom is -0.380 e. The first-order valence-electron chi connectivity index (χ1n) is 8.82. The molecule has 0 radical (unpaired) electrons. The van der Waals surface area contributed by atoms with Crippen LogP contribution in [0.25, 0.3) is 0 Å². The Morgan fingerprint density at radius 1 is 1.29 bits per heavy atom. The van der Waals surface area contributed by atoms with Crippen LogP contribution in [0, 0.1) is 5.82 Å². The largest absolute Gasteiger partial charge is 0.380 e. The van der Waals surface area contributed by atoms with Gasteiger partial charge in [0.05, 0.1) is 17.3 Å². The van der Waals surface area contributed by atoms with E-state index in [0.29, 0.717) is 30.8 Å². The summed E-state index contributed by atoms with van der Waals surface area (Å²) in [5.74, 6) is -0.609. The van der Waals surface area contributed by atoms with E-state index in [9.17, 15) is 9.18 Å². The number of anilines is 2. The zero-order valence-corrected chi connectivity index (χ0v) is 13.9. The molecular formula is C18H26FN3O2. The number of nitrogens with one attached hydrogen (secondary N) is 2. The summed E-state index contributed by atoms with van der Waals surface area (Å²) in [4.78, 5) is 12.4. The number of hydrogen-bond acceptors (Lipinski definition) is 4. The van der Waals surface area contributed by atoms with Gasteiger partial charge in [-0.2, -0.15) is 0 Å². The van der Waals surface area contributed by atoms with E-state index in [4.69, 9.17) is 10.5 Å². The smallest absolute Gasteiger partial charge is 0.244 e. The molecule has 1 saturated carbocycles. The van der Waals surface area contributed by atoms with E-state index in [0.717, 1.165) is 38.7 Å². The fourth-order valence-corrected chi connectivity index (χ4v) is 3.43. The molecule has 1 aromatic carbocycles. The number of rotatable bonds is 5. The van der Waals surface area contributed by atoms with E-state index >= 15 is 0 Å². The lowest BCUT2D eigenvalue weighted by molar-refractivity contribution is -0.122. The van der Waals surface area contributed by atoms with Crippen LogP contribution in [-0.4, -0.2) is 30.7 Å². The first-order chi connectivity index (χ1) is 11.6. The molecule has 2 aliphatic rings. The third-order valence-corrected chi connectivity index (χ3v) is 4.97. The van der Waals surface area contributed by atoms with Gasteiger partial charge < -0.3 is 21.1 Å². The van der Waals surface area contributed by atoms with Crippen molar-refractivity contribution in [3.63, 3.8) is 0 Å². The van der Waals surface area contributed by atoms with Gasteiger partial charge in [-0.1, -0.05) is 19.3 Å². The Labute approximate surface area is 142 Å². The molecule has 1 amide bonds. The van der Waals surface area contributed by atoms with Crippen molar-refractivity contribution in [2.24, 2.45) is 5.73 Å². The summed E-state index contributed by atoms with van der Waals surface area (Å²) >= 11 is 0. The number of carbonyl (C=O) groups is 1. The van der Waals surface area contributed by atoms with Crippen LogP contribution in [0.3, 0.4) is 0 Å². The third kappa shape index (κ3) is 4.05. The predicted molar refractivity (Wildman–Crippen MR) is 92.5 cm³/mol. The molecule has 1 aliphatic heterocycles. The first-order valence-corrected chi connectivity index (χ1v) is 8.82. The molecule has 0 bridgehead atoms. The van der Waals surface area contributed by atoms with Gasteiger partial charge in [-0.25, -0.2) is 4.39 Å². The summed E-state index contributed by atoms with van der Waals surface area (Å²) in [6.07, 6.45) is 6.61. The van der Waals surface area contributed by atoms with Crippen molar-refractivity contribution in [3.8, 4) is 0 Å². The SMILES string of the molecule is NC1(C(=O)Nc2ccc(NCC3CCCO3)c(F)c2)CCCCC1. The van der Waals surface area contributed by atoms with E-state index in [2.05, 4.69) is 10.6 Å². The molecule has 6 heteroatoms. The summed E-state index contributed by atoms with van der Waals surface area (Å²) in [6, 6.07) is 4.68. The van der Waals surface area contributed by atoms with Gasteiger partial charge in [0.25, 0.3) is 0 Å². The molecule has 3 rings (SSSR count). The molecule has 1 heterocycles. The molecule has 132 valence electrons. The maximum Gasteiger partial charge on any atom is 0.244 e. The highest BCUT2D eigenvalue weighted by molar-refractivity contribution is 5.98. The van der Waals surface area contributed by atoms with Crippen molar-refractivity contribution in [1.29, 1.82) is 0 Å². The van der Waals surface area contributed by atoms with Crippen LogP contribution >= 0.6 is 0 Å². The van der Waals surface area contributed by atoms with Gasteiger partial charge in [0, 0.05) is 18.8 Å². The molecule has 1 unspecified atom stereocenters. The van der Waals surface area contributed by atoms with E-state index in [1.807, 2.05) is 0 Å². The Hall–Kier alpha value is -1.66. The monoisotopic (exact) mass is 335 g/mol. The average Bonchev–Trinajstić information content (AvgIpc) is 3.08. The van der Waals surface area contributed by atoms with Gasteiger partial charge in [-0.05, 0) is 43.9 Å². The Morgan fingerprint density at radius 2 is 2.08 bits per heavy atom. The lowest BCUT2D eigenvalue weighted by Gasteiger charge is -2.31. The summed E-state index contributed by atoms with van der Waals surface area (Å²) in [5.41, 5.74) is 6.24. The Morgan fingerprint density at radius 3 is 2.75 bits per heavy atom. The third-order valence-electron chi connectivity index (χ3n) is 4.97. The molecule has 24 heavy (non-hydrogen) atoms. The van der Waals surface area contributed by atoms with Crippen LogP contribution in [0.1, 0.15) is 44.9 Å². The number of carbonyl (C=O) groups excluding carboxylic acids is 1. The van der Waals surface area contributed by atoms with E-state index in [1.54, 1.807) is 12.1 Å². The van der Waals surface area contributed by atoms with Gasteiger partial charge in [0.15, 0.2) is 0 Å². The molecule has 1 aromatic rings. The second-order valence-electron chi connectivity index (χ2n) is 6.88. The van der Waals surface area contributed by atoms with Crippen LogP contribution in [0.2, 0.25) is 0 Å². The second kappa shape index (κ2) is 7.49. The summed E-state index contributed by atoms with van der Waals surface area (Å²) in [5, 5.41) is 5.83. The van der Waals surface area contributed by atoms with Gasteiger partial charge in [-0.3, -0.25) is 4.79 Å². The number of benzene rings is 1. The van der Waals surface area contributed by atoms with Crippen LogP contribution in [-0.2, 0) is 9.53 Å². The van der Waals surface area contributed by atoms with Crippen molar-refractivity contribution < 1.29 is 13.9 Å². The summed E-state index contributed by atoms with van der Waals surface area (Å²) < 4.78 is 19.7. The Bertz CT molecular complexity index is 582. The maximum absolute atomic E-state index is 14.2. The molecule has 1 saturated heterocycles. The van der Waals surface area contributed by atoms with Gasteiger partial charge in [-0.15, -0.1) is 0 Å². The zero-order chi connectivity index (χ0) is 17.0. The number of nitrogens with two attached hydrogens (primary N) is 1. The van der Waals surface area contributed by atoms with Crippen molar-refractivity contribution in [3.05, 3.63) is 24.0 Å². The molecule has 0 aromatic heterocycles. The quantitative estimate of drug-likeness (QED) is 0.773.